The maximum atomic E-state index is 13.3. The van der Waals surface area contributed by atoms with Crippen molar-refractivity contribution in [2.24, 2.45) is 5.92 Å². The Labute approximate surface area is 112 Å². The zero-order chi connectivity index (χ0) is 13.1. The highest BCUT2D eigenvalue weighted by Gasteiger charge is 2.13. The molecule has 0 amide bonds. The van der Waals surface area contributed by atoms with Gasteiger partial charge in [0.15, 0.2) is 0 Å². The van der Waals surface area contributed by atoms with E-state index in [2.05, 4.69) is 15.6 Å². The summed E-state index contributed by atoms with van der Waals surface area (Å²) in [5.74, 6) is 0.475. The van der Waals surface area contributed by atoms with Crippen molar-refractivity contribution in [3.8, 4) is 0 Å². The lowest BCUT2D eigenvalue weighted by atomic mass is 9.98. The summed E-state index contributed by atoms with van der Waals surface area (Å²) in [5, 5.41) is 7.67. The van der Waals surface area contributed by atoms with Gasteiger partial charge >= 0.3 is 0 Å². The summed E-state index contributed by atoms with van der Waals surface area (Å²) < 4.78 is 13.3. The van der Waals surface area contributed by atoms with Gasteiger partial charge in [0, 0.05) is 23.8 Å². The largest absolute Gasteiger partial charge is 0.384 e. The van der Waals surface area contributed by atoms with Crippen LogP contribution in [-0.2, 0) is 0 Å². The monoisotopic (exact) mass is 259 g/mol. The molecule has 0 aliphatic carbocycles. The van der Waals surface area contributed by atoms with Crippen molar-refractivity contribution in [1.29, 1.82) is 0 Å². The topological polar surface area (TPSA) is 37.0 Å². The van der Waals surface area contributed by atoms with Gasteiger partial charge in [0.1, 0.15) is 5.82 Å². The first-order valence-electron chi connectivity index (χ1n) is 6.82. The molecule has 2 heterocycles. The Morgan fingerprint density at radius 1 is 1.26 bits per heavy atom. The van der Waals surface area contributed by atoms with Gasteiger partial charge < -0.3 is 10.6 Å². The number of nitrogens with zero attached hydrogens (tertiary/aromatic N) is 1. The van der Waals surface area contributed by atoms with E-state index in [4.69, 9.17) is 0 Å². The maximum absolute atomic E-state index is 13.3. The normalized spacial score (nSPS) is 16.7. The first-order valence-corrected chi connectivity index (χ1v) is 6.82. The summed E-state index contributed by atoms with van der Waals surface area (Å²) in [6.07, 6.45) is 4.17. The second-order valence-corrected chi connectivity index (χ2v) is 5.09. The van der Waals surface area contributed by atoms with E-state index in [-0.39, 0.29) is 5.82 Å². The van der Waals surface area contributed by atoms with Crippen LogP contribution in [0.2, 0.25) is 0 Å². The molecule has 3 nitrogen and oxygen atoms in total. The van der Waals surface area contributed by atoms with Crippen molar-refractivity contribution in [3.63, 3.8) is 0 Å². The van der Waals surface area contributed by atoms with Gasteiger partial charge in [0.05, 0.1) is 5.52 Å². The Bertz CT molecular complexity index is 564. The average molecular weight is 259 g/mol. The number of anilines is 1. The molecule has 2 aromatic rings. The molecule has 0 spiro atoms. The highest BCUT2D eigenvalue weighted by atomic mass is 19.1. The Morgan fingerprint density at radius 3 is 2.95 bits per heavy atom. The first kappa shape index (κ1) is 12.4. The molecular formula is C15H18FN3. The summed E-state index contributed by atoms with van der Waals surface area (Å²) in [5.41, 5.74) is 1.81. The van der Waals surface area contributed by atoms with Crippen molar-refractivity contribution < 1.29 is 4.39 Å². The third kappa shape index (κ3) is 2.84. The average Bonchev–Trinajstić information content (AvgIpc) is 2.46. The zero-order valence-corrected chi connectivity index (χ0v) is 10.8. The van der Waals surface area contributed by atoms with Gasteiger partial charge in [0.2, 0.25) is 0 Å². The van der Waals surface area contributed by atoms with E-state index in [0.29, 0.717) is 5.92 Å². The highest BCUT2D eigenvalue weighted by molar-refractivity contribution is 5.90. The molecule has 1 fully saturated rings. The van der Waals surface area contributed by atoms with Crippen LogP contribution in [0.5, 0.6) is 0 Å². The summed E-state index contributed by atoms with van der Waals surface area (Å²) in [4.78, 5) is 4.26. The van der Waals surface area contributed by atoms with Crippen LogP contribution in [0.1, 0.15) is 12.8 Å². The number of fused-ring (bicyclic) bond motifs is 1. The molecule has 0 unspecified atom stereocenters. The third-order valence-electron chi connectivity index (χ3n) is 3.74. The third-order valence-corrected chi connectivity index (χ3v) is 3.74. The Balaban J connectivity index is 1.78. The van der Waals surface area contributed by atoms with E-state index in [1.807, 2.05) is 6.07 Å². The van der Waals surface area contributed by atoms with Crippen LogP contribution in [0.25, 0.3) is 10.9 Å². The van der Waals surface area contributed by atoms with Gasteiger partial charge in [-0.15, -0.1) is 0 Å². The minimum atomic E-state index is -0.217. The number of aromatic nitrogens is 1. The van der Waals surface area contributed by atoms with Crippen LogP contribution in [0.3, 0.4) is 0 Å². The first-order chi connectivity index (χ1) is 9.33. The fourth-order valence-electron chi connectivity index (χ4n) is 2.61. The van der Waals surface area contributed by atoms with Crippen molar-refractivity contribution in [3.05, 3.63) is 36.3 Å². The molecule has 3 rings (SSSR count). The Hall–Kier alpha value is -1.68. The van der Waals surface area contributed by atoms with E-state index in [1.165, 1.54) is 18.9 Å². The van der Waals surface area contributed by atoms with Crippen molar-refractivity contribution >= 4 is 16.6 Å². The molecule has 1 aromatic heterocycles. The van der Waals surface area contributed by atoms with E-state index in [1.54, 1.807) is 18.3 Å². The van der Waals surface area contributed by atoms with Gasteiger partial charge in [-0.2, -0.15) is 0 Å². The molecule has 100 valence electrons. The SMILES string of the molecule is Fc1ccc2nccc(NCC3CCNCC3)c2c1. The van der Waals surface area contributed by atoms with E-state index in [9.17, 15) is 4.39 Å². The van der Waals surface area contributed by atoms with Gasteiger partial charge in [-0.3, -0.25) is 4.98 Å². The standard InChI is InChI=1S/C15H18FN3/c16-12-1-2-14-13(9-12)15(5-8-18-14)19-10-11-3-6-17-7-4-11/h1-2,5,8-9,11,17H,3-4,6-7,10H2,(H,18,19). The van der Waals surface area contributed by atoms with Gasteiger partial charge in [-0.1, -0.05) is 0 Å². The number of pyridine rings is 1. The summed E-state index contributed by atoms with van der Waals surface area (Å²) in [6.45, 7) is 3.13. The fraction of sp³-hybridized carbons (Fsp3) is 0.400. The predicted octanol–water partition coefficient (Wildman–Crippen LogP) is 2.79. The lowest BCUT2D eigenvalue weighted by molar-refractivity contribution is 0.390. The summed E-state index contributed by atoms with van der Waals surface area (Å²) >= 11 is 0. The highest BCUT2D eigenvalue weighted by Crippen LogP contribution is 2.23. The van der Waals surface area contributed by atoms with Crippen molar-refractivity contribution in [2.45, 2.75) is 12.8 Å². The molecule has 0 radical (unpaired) electrons. The number of piperidine rings is 1. The van der Waals surface area contributed by atoms with Crippen molar-refractivity contribution in [2.75, 3.05) is 25.0 Å². The molecule has 1 aliphatic rings. The fourth-order valence-corrected chi connectivity index (χ4v) is 2.61. The quantitative estimate of drug-likeness (QED) is 0.890. The molecule has 0 atom stereocenters. The number of rotatable bonds is 3. The molecule has 4 heteroatoms. The molecule has 2 N–H and O–H groups in total. The van der Waals surface area contributed by atoms with Crippen LogP contribution in [0.15, 0.2) is 30.5 Å². The van der Waals surface area contributed by atoms with Gasteiger partial charge in [0.25, 0.3) is 0 Å². The Kier molecular flexibility index (Phi) is 3.60. The van der Waals surface area contributed by atoms with E-state index < -0.39 is 0 Å². The number of halogens is 1. The second kappa shape index (κ2) is 5.53. The second-order valence-electron chi connectivity index (χ2n) is 5.09. The molecule has 0 bridgehead atoms. The molecule has 1 saturated heterocycles. The van der Waals surface area contributed by atoms with E-state index in [0.717, 1.165) is 36.2 Å². The molecule has 19 heavy (non-hydrogen) atoms. The van der Waals surface area contributed by atoms with Crippen LogP contribution in [-0.4, -0.2) is 24.6 Å². The van der Waals surface area contributed by atoms with Crippen LogP contribution < -0.4 is 10.6 Å². The molecule has 1 aliphatic heterocycles. The minimum absolute atomic E-state index is 0.217. The van der Waals surface area contributed by atoms with Crippen LogP contribution in [0.4, 0.5) is 10.1 Å². The number of hydrogen-bond acceptors (Lipinski definition) is 3. The van der Waals surface area contributed by atoms with Crippen molar-refractivity contribution in [1.82, 2.24) is 10.3 Å². The van der Waals surface area contributed by atoms with Gasteiger partial charge in [-0.25, -0.2) is 4.39 Å². The number of nitrogens with one attached hydrogen (secondary N) is 2. The number of hydrogen-bond donors (Lipinski definition) is 2. The lowest BCUT2D eigenvalue weighted by Gasteiger charge is -2.23. The van der Waals surface area contributed by atoms with E-state index >= 15 is 0 Å². The number of benzene rings is 1. The predicted molar refractivity (Wildman–Crippen MR) is 75.8 cm³/mol. The molecular weight excluding hydrogens is 241 g/mol. The lowest BCUT2D eigenvalue weighted by Crippen LogP contribution is -2.31. The summed E-state index contributed by atoms with van der Waals surface area (Å²) in [6, 6.07) is 6.64. The summed E-state index contributed by atoms with van der Waals surface area (Å²) in [7, 11) is 0. The minimum Gasteiger partial charge on any atom is -0.384 e. The smallest absolute Gasteiger partial charge is 0.124 e. The van der Waals surface area contributed by atoms with Crippen LogP contribution in [0, 0.1) is 11.7 Å². The molecule has 0 saturated carbocycles. The van der Waals surface area contributed by atoms with Gasteiger partial charge in [-0.05, 0) is 56.1 Å². The maximum Gasteiger partial charge on any atom is 0.124 e. The molecule has 1 aromatic carbocycles. The Morgan fingerprint density at radius 2 is 2.11 bits per heavy atom. The van der Waals surface area contributed by atoms with Crippen LogP contribution >= 0.6 is 0 Å². The zero-order valence-electron chi connectivity index (χ0n) is 10.8.